The fourth-order valence-electron chi connectivity index (χ4n) is 1.64. The number of nitrogens with zero attached hydrogens (tertiary/aromatic N) is 4. The molecule has 12 heteroatoms. The number of rotatable bonds is 3. The first-order chi connectivity index (χ1) is 12.0. The van der Waals surface area contributed by atoms with Crippen molar-refractivity contribution in [2.75, 3.05) is 0 Å². The van der Waals surface area contributed by atoms with Gasteiger partial charge in [0.05, 0.1) is 6.21 Å². The van der Waals surface area contributed by atoms with Crippen LogP contribution in [0, 0.1) is 0 Å². The van der Waals surface area contributed by atoms with Gasteiger partial charge in [0.15, 0.2) is 17.5 Å². The molecule has 138 valence electrons. The molecule has 0 amide bonds. The van der Waals surface area contributed by atoms with Crippen LogP contribution in [0.2, 0.25) is 0 Å². The van der Waals surface area contributed by atoms with Gasteiger partial charge in [0.2, 0.25) is 7.59 Å². The normalized spacial score (nSPS) is 12.4. The minimum atomic E-state index is -1.93. The molecule has 6 nitrogen and oxygen atoms in total. The summed E-state index contributed by atoms with van der Waals surface area (Å²) >= 11 is 35.0. The zero-order valence-electron chi connectivity index (χ0n) is 12.8. The molecule has 0 fully saturated rings. The summed E-state index contributed by atoms with van der Waals surface area (Å²) in [6.45, 7) is 1.24. The van der Waals surface area contributed by atoms with Crippen LogP contribution in [0.4, 0.5) is 0 Å². The van der Waals surface area contributed by atoms with Gasteiger partial charge in [-0.1, -0.05) is 99.0 Å². The van der Waals surface area contributed by atoms with Crippen molar-refractivity contribution in [1.82, 2.24) is 15.0 Å². The van der Waals surface area contributed by atoms with Crippen molar-refractivity contribution in [3.05, 3.63) is 41.5 Å². The Hall–Kier alpha value is -0.890. The smallest absolute Gasteiger partial charge is 0.319 e. The van der Waals surface area contributed by atoms with E-state index in [9.17, 15) is 4.79 Å². The first-order valence-electron chi connectivity index (χ1n) is 6.68. The van der Waals surface area contributed by atoms with E-state index in [1.807, 2.05) is 0 Å². The SMILES string of the molecule is CC(=O)ON=Cc1ccc(-c2nc(C(Cl)(Cl)Cl)nc(C(Cl)(Cl)Cl)n2)cc1. The summed E-state index contributed by atoms with van der Waals surface area (Å²) in [5, 5.41) is 3.52. The molecule has 0 aliphatic heterocycles. The second-order valence-corrected chi connectivity index (χ2v) is 9.30. The predicted molar refractivity (Wildman–Crippen MR) is 103 cm³/mol. The highest BCUT2D eigenvalue weighted by Crippen LogP contribution is 2.40. The number of aromatic nitrogens is 3. The van der Waals surface area contributed by atoms with E-state index in [1.54, 1.807) is 24.3 Å². The average Bonchev–Trinajstić information content (AvgIpc) is 2.53. The van der Waals surface area contributed by atoms with E-state index in [0.717, 1.165) is 0 Å². The molecular formula is C14H8Cl6N4O2. The fraction of sp³-hybridized carbons (Fsp3) is 0.214. The Morgan fingerprint density at radius 2 is 1.46 bits per heavy atom. The van der Waals surface area contributed by atoms with Crippen LogP contribution in [0.5, 0.6) is 0 Å². The van der Waals surface area contributed by atoms with Crippen LogP contribution >= 0.6 is 69.6 Å². The molecule has 1 aromatic carbocycles. The highest BCUT2D eigenvalue weighted by atomic mass is 35.6. The van der Waals surface area contributed by atoms with Gasteiger partial charge >= 0.3 is 5.97 Å². The molecule has 0 atom stereocenters. The van der Waals surface area contributed by atoms with E-state index in [-0.39, 0.29) is 17.5 Å². The lowest BCUT2D eigenvalue weighted by atomic mass is 10.1. The molecule has 0 aliphatic rings. The number of hydrogen-bond donors (Lipinski definition) is 0. The van der Waals surface area contributed by atoms with Gasteiger partial charge in [-0.2, -0.15) is 0 Å². The van der Waals surface area contributed by atoms with E-state index >= 15 is 0 Å². The maximum Gasteiger partial charge on any atom is 0.331 e. The lowest BCUT2D eigenvalue weighted by molar-refractivity contribution is -0.140. The third-order valence-electron chi connectivity index (χ3n) is 2.69. The van der Waals surface area contributed by atoms with Gasteiger partial charge in [0.25, 0.3) is 0 Å². The minimum Gasteiger partial charge on any atom is -0.319 e. The largest absolute Gasteiger partial charge is 0.331 e. The maximum atomic E-state index is 10.7. The number of benzene rings is 1. The Labute approximate surface area is 178 Å². The van der Waals surface area contributed by atoms with Gasteiger partial charge in [0.1, 0.15) is 0 Å². The molecule has 0 saturated heterocycles. The van der Waals surface area contributed by atoms with Crippen molar-refractivity contribution < 1.29 is 9.63 Å². The van der Waals surface area contributed by atoms with E-state index in [0.29, 0.717) is 11.1 Å². The van der Waals surface area contributed by atoms with Crippen LogP contribution in [0.15, 0.2) is 29.4 Å². The lowest BCUT2D eigenvalue weighted by Gasteiger charge is -2.15. The maximum absolute atomic E-state index is 10.7. The summed E-state index contributed by atoms with van der Waals surface area (Å²) in [6.07, 6.45) is 1.36. The highest BCUT2D eigenvalue weighted by molar-refractivity contribution is 6.67. The Morgan fingerprint density at radius 3 is 1.88 bits per heavy atom. The van der Waals surface area contributed by atoms with Crippen LogP contribution in [0.1, 0.15) is 24.1 Å². The zero-order valence-corrected chi connectivity index (χ0v) is 17.3. The molecular weight excluding hydrogens is 469 g/mol. The second kappa shape index (κ2) is 8.42. The Kier molecular flexibility index (Phi) is 6.93. The Morgan fingerprint density at radius 1 is 0.962 bits per heavy atom. The van der Waals surface area contributed by atoms with Crippen molar-refractivity contribution >= 4 is 81.8 Å². The summed E-state index contributed by atoms with van der Waals surface area (Å²) in [5.41, 5.74) is 1.20. The minimum absolute atomic E-state index is 0.145. The molecule has 0 aliphatic carbocycles. The molecule has 0 radical (unpaired) electrons. The summed E-state index contributed by atoms with van der Waals surface area (Å²) < 4.78 is -3.86. The number of oxime groups is 1. The third-order valence-corrected chi connectivity index (χ3v) is 3.71. The molecule has 26 heavy (non-hydrogen) atoms. The molecule has 0 saturated carbocycles. The topological polar surface area (TPSA) is 77.3 Å². The van der Waals surface area contributed by atoms with Gasteiger partial charge in [-0.3, -0.25) is 0 Å². The number of halogens is 6. The Bertz CT molecular complexity index is 799. The van der Waals surface area contributed by atoms with Crippen LogP contribution in [-0.2, 0) is 17.2 Å². The average molecular weight is 477 g/mol. The summed E-state index contributed by atoms with van der Waals surface area (Å²) in [5.74, 6) is -0.753. The summed E-state index contributed by atoms with van der Waals surface area (Å²) in [6, 6.07) is 6.68. The number of carbonyl (C=O) groups excluding carboxylic acids is 1. The highest BCUT2D eigenvalue weighted by Gasteiger charge is 2.33. The van der Waals surface area contributed by atoms with Crippen molar-refractivity contribution in [3.8, 4) is 11.4 Å². The quantitative estimate of drug-likeness (QED) is 0.267. The third kappa shape index (κ3) is 6.08. The summed E-state index contributed by atoms with van der Waals surface area (Å²) in [4.78, 5) is 27.3. The van der Waals surface area contributed by atoms with E-state index in [2.05, 4.69) is 24.9 Å². The first-order valence-corrected chi connectivity index (χ1v) is 8.95. The fourth-order valence-corrected chi connectivity index (χ4v) is 2.15. The monoisotopic (exact) mass is 474 g/mol. The number of alkyl halides is 6. The van der Waals surface area contributed by atoms with Crippen LogP contribution in [0.25, 0.3) is 11.4 Å². The predicted octanol–water partition coefficient (Wildman–Crippen LogP) is 5.09. The molecule has 0 unspecified atom stereocenters. The van der Waals surface area contributed by atoms with Gasteiger partial charge < -0.3 is 4.84 Å². The van der Waals surface area contributed by atoms with Crippen LogP contribution < -0.4 is 0 Å². The van der Waals surface area contributed by atoms with E-state index < -0.39 is 13.6 Å². The second-order valence-electron chi connectivity index (χ2n) is 4.74. The van der Waals surface area contributed by atoms with E-state index in [4.69, 9.17) is 69.6 Å². The van der Waals surface area contributed by atoms with Crippen LogP contribution in [-0.4, -0.2) is 27.1 Å². The standard InChI is InChI=1S/C14H8Cl6N4O2/c1-7(25)26-21-6-8-2-4-9(5-3-8)10-22-11(13(15,16)17)24-12(23-10)14(18,19)20/h2-6H,1H3. The molecule has 1 heterocycles. The zero-order chi connectivity index (χ0) is 19.5. The lowest BCUT2D eigenvalue weighted by Crippen LogP contribution is -2.16. The molecule has 0 N–H and O–H groups in total. The number of carbonyl (C=O) groups is 1. The van der Waals surface area contributed by atoms with Gasteiger partial charge in [-0.25, -0.2) is 19.7 Å². The van der Waals surface area contributed by atoms with Gasteiger partial charge in [-0.15, -0.1) is 0 Å². The molecule has 0 spiro atoms. The van der Waals surface area contributed by atoms with Crippen LogP contribution in [0.3, 0.4) is 0 Å². The number of hydrogen-bond acceptors (Lipinski definition) is 6. The van der Waals surface area contributed by atoms with Crippen molar-refractivity contribution in [2.24, 2.45) is 5.16 Å². The van der Waals surface area contributed by atoms with Crippen molar-refractivity contribution in [2.45, 2.75) is 14.5 Å². The van der Waals surface area contributed by atoms with Gasteiger partial charge in [-0.05, 0) is 5.56 Å². The van der Waals surface area contributed by atoms with Gasteiger partial charge in [0, 0.05) is 12.5 Å². The first kappa shape index (κ1) is 21.4. The molecule has 2 rings (SSSR count). The van der Waals surface area contributed by atoms with Crippen molar-refractivity contribution in [3.63, 3.8) is 0 Å². The molecule has 0 bridgehead atoms. The van der Waals surface area contributed by atoms with E-state index in [1.165, 1.54) is 13.1 Å². The van der Waals surface area contributed by atoms with Crippen molar-refractivity contribution in [1.29, 1.82) is 0 Å². The molecule has 2 aromatic rings. The Balaban J connectivity index is 2.41. The molecule has 1 aromatic heterocycles. The summed E-state index contributed by atoms with van der Waals surface area (Å²) in [7, 11) is 0.